The molecule has 4 heteroatoms. The second-order valence-corrected chi connectivity index (χ2v) is 8.31. The van der Waals surface area contributed by atoms with Crippen LogP contribution in [0.3, 0.4) is 0 Å². The fourth-order valence-electron chi connectivity index (χ4n) is 3.49. The molecule has 0 unspecified atom stereocenters. The summed E-state index contributed by atoms with van der Waals surface area (Å²) in [6.07, 6.45) is 19.5. The Morgan fingerprint density at radius 3 is 1.50 bits per heavy atom. The minimum absolute atomic E-state index is 0.0985. The second kappa shape index (κ2) is 21.1. The molecule has 4 nitrogen and oxygen atoms in total. The van der Waals surface area contributed by atoms with Crippen molar-refractivity contribution in [1.82, 2.24) is 0 Å². The van der Waals surface area contributed by atoms with Gasteiger partial charge in [0.25, 0.3) is 0 Å². The number of rotatable bonds is 21. The van der Waals surface area contributed by atoms with E-state index in [4.69, 9.17) is 4.74 Å². The average molecular weight is 401 g/mol. The number of carbonyl (C=O) groups is 1. The Labute approximate surface area is 174 Å². The Kier molecular flexibility index (Phi) is 20.6. The van der Waals surface area contributed by atoms with Crippen molar-refractivity contribution in [2.75, 3.05) is 6.61 Å². The van der Waals surface area contributed by atoms with E-state index in [1.54, 1.807) is 0 Å². The highest BCUT2D eigenvalue weighted by Gasteiger charge is 2.17. The van der Waals surface area contributed by atoms with Crippen molar-refractivity contribution in [1.29, 1.82) is 0 Å². The minimum Gasteiger partial charge on any atom is -0.463 e. The smallest absolute Gasteiger partial charge is 0.305 e. The zero-order chi connectivity index (χ0) is 20.9. The topological polar surface area (TPSA) is 66.8 Å². The Bertz CT molecular complexity index is 333. The molecule has 0 aromatic rings. The summed E-state index contributed by atoms with van der Waals surface area (Å²) in [6.45, 7) is 4.11. The van der Waals surface area contributed by atoms with Gasteiger partial charge < -0.3 is 14.9 Å². The Morgan fingerprint density at radius 2 is 1.07 bits per heavy atom. The molecule has 0 aliphatic heterocycles. The molecule has 0 radical (unpaired) electrons. The summed E-state index contributed by atoms with van der Waals surface area (Å²) in [5.41, 5.74) is 0. The predicted octanol–water partition coefficient (Wildman–Crippen LogP) is 6.31. The van der Waals surface area contributed by atoms with Crippen LogP contribution in [-0.2, 0) is 9.53 Å². The van der Waals surface area contributed by atoms with Gasteiger partial charge in [0.1, 0.15) is 12.7 Å². The lowest BCUT2D eigenvalue weighted by atomic mass is 10.0. The molecule has 0 rings (SSSR count). The molecule has 0 bridgehead atoms. The summed E-state index contributed by atoms with van der Waals surface area (Å²) in [4.78, 5) is 11.6. The third-order valence-electron chi connectivity index (χ3n) is 5.43. The van der Waals surface area contributed by atoms with Gasteiger partial charge in [-0.25, -0.2) is 0 Å². The number of hydrogen-bond acceptors (Lipinski definition) is 4. The van der Waals surface area contributed by atoms with Gasteiger partial charge in [0.2, 0.25) is 0 Å². The van der Waals surface area contributed by atoms with Crippen LogP contribution in [0.15, 0.2) is 0 Å². The molecule has 0 aliphatic rings. The monoisotopic (exact) mass is 400 g/mol. The molecular formula is C24H48O4. The highest BCUT2D eigenvalue weighted by atomic mass is 16.5. The van der Waals surface area contributed by atoms with Gasteiger partial charge in [-0.05, 0) is 12.8 Å². The third-order valence-corrected chi connectivity index (χ3v) is 5.43. The quantitative estimate of drug-likeness (QED) is 0.175. The van der Waals surface area contributed by atoms with Crippen LogP contribution in [0.25, 0.3) is 0 Å². The summed E-state index contributed by atoms with van der Waals surface area (Å²) in [5.74, 6) is -0.266. The molecule has 0 fully saturated rings. The van der Waals surface area contributed by atoms with E-state index in [9.17, 15) is 15.0 Å². The van der Waals surface area contributed by atoms with Gasteiger partial charge in [-0.1, -0.05) is 110 Å². The van der Waals surface area contributed by atoms with Crippen molar-refractivity contribution in [2.24, 2.45) is 0 Å². The van der Waals surface area contributed by atoms with Gasteiger partial charge in [-0.2, -0.15) is 0 Å². The van der Waals surface area contributed by atoms with E-state index in [1.807, 2.05) is 6.92 Å². The van der Waals surface area contributed by atoms with Crippen molar-refractivity contribution < 1.29 is 19.7 Å². The average Bonchev–Trinajstić information content (AvgIpc) is 2.69. The van der Waals surface area contributed by atoms with E-state index in [-0.39, 0.29) is 12.6 Å². The molecule has 168 valence electrons. The van der Waals surface area contributed by atoms with Gasteiger partial charge in [-0.15, -0.1) is 0 Å². The van der Waals surface area contributed by atoms with Crippen molar-refractivity contribution in [3.63, 3.8) is 0 Å². The first kappa shape index (κ1) is 27.4. The first-order valence-electron chi connectivity index (χ1n) is 12.1. The number of unbranched alkanes of at least 4 members (excludes halogenated alkanes) is 14. The molecule has 0 saturated heterocycles. The molecule has 2 atom stereocenters. The summed E-state index contributed by atoms with van der Waals surface area (Å²) in [5, 5.41) is 19.3. The molecular weight excluding hydrogens is 352 g/mol. The Balaban J connectivity index is 3.27. The molecule has 0 aromatic carbocycles. The van der Waals surface area contributed by atoms with Crippen LogP contribution in [0.4, 0.5) is 0 Å². The van der Waals surface area contributed by atoms with Crippen molar-refractivity contribution in [3.8, 4) is 0 Å². The zero-order valence-corrected chi connectivity index (χ0v) is 18.8. The highest BCUT2D eigenvalue weighted by molar-refractivity contribution is 5.69. The Hall–Kier alpha value is -0.610. The molecule has 28 heavy (non-hydrogen) atoms. The Morgan fingerprint density at radius 1 is 0.643 bits per heavy atom. The maximum absolute atomic E-state index is 11.6. The first-order chi connectivity index (χ1) is 13.6. The molecule has 0 heterocycles. The third kappa shape index (κ3) is 18.7. The predicted molar refractivity (Wildman–Crippen MR) is 117 cm³/mol. The fraction of sp³-hybridized carbons (Fsp3) is 0.958. The normalized spacial score (nSPS) is 13.4. The van der Waals surface area contributed by atoms with Crippen molar-refractivity contribution in [2.45, 2.75) is 142 Å². The largest absolute Gasteiger partial charge is 0.463 e. The van der Waals surface area contributed by atoms with Crippen LogP contribution in [-0.4, -0.2) is 35.0 Å². The molecule has 0 aliphatic carbocycles. The molecule has 2 N–H and O–H groups in total. The first-order valence-corrected chi connectivity index (χ1v) is 12.1. The molecule has 0 spiro atoms. The van der Waals surface area contributed by atoms with Gasteiger partial charge in [0.05, 0.1) is 6.10 Å². The lowest BCUT2D eigenvalue weighted by molar-refractivity contribution is -0.149. The van der Waals surface area contributed by atoms with Gasteiger partial charge in [0, 0.05) is 6.42 Å². The van der Waals surface area contributed by atoms with E-state index in [2.05, 4.69) is 6.92 Å². The summed E-state index contributed by atoms with van der Waals surface area (Å²) in [7, 11) is 0. The van der Waals surface area contributed by atoms with Gasteiger partial charge >= 0.3 is 5.97 Å². The number of carbonyl (C=O) groups excluding carboxylic acids is 1. The summed E-state index contributed by atoms with van der Waals surface area (Å²) < 4.78 is 5.04. The van der Waals surface area contributed by atoms with Crippen molar-refractivity contribution in [3.05, 3.63) is 0 Å². The van der Waals surface area contributed by atoms with E-state index in [0.717, 1.165) is 19.3 Å². The number of aliphatic hydroxyl groups is 2. The highest BCUT2D eigenvalue weighted by Crippen LogP contribution is 2.14. The number of aliphatic hydroxyl groups excluding tert-OH is 2. The minimum atomic E-state index is -0.968. The maximum Gasteiger partial charge on any atom is 0.305 e. The summed E-state index contributed by atoms with van der Waals surface area (Å²) >= 11 is 0. The van der Waals surface area contributed by atoms with Gasteiger partial charge in [0.15, 0.2) is 0 Å². The van der Waals surface area contributed by atoms with Crippen LogP contribution < -0.4 is 0 Å². The standard InChI is InChI=1S/C24H48O4/c1-3-5-6-7-8-9-10-11-12-13-14-15-16-17-18-20-24(27)28-21-23(26)22(25)19-4-2/h22-23,25-26H,3-21H2,1-2H3/t22-,23+/m1/s1. The van der Waals surface area contributed by atoms with Crippen LogP contribution in [0.2, 0.25) is 0 Å². The van der Waals surface area contributed by atoms with Crippen LogP contribution in [0.5, 0.6) is 0 Å². The number of hydrogen-bond donors (Lipinski definition) is 2. The van der Waals surface area contributed by atoms with Gasteiger partial charge in [-0.3, -0.25) is 4.79 Å². The number of ether oxygens (including phenoxy) is 1. The van der Waals surface area contributed by atoms with E-state index >= 15 is 0 Å². The fourth-order valence-corrected chi connectivity index (χ4v) is 3.49. The SMILES string of the molecule is CCCCCCCCCCCCCCCCCC(=O)OC[C@H](O)[C@H](O)CCC. The van der Waals surface area contributed by atoms with Crippen molar-refractivity contribution >= 4 is 5.97 Å². The van der Waals surface area contributed by atoms with E-state index < -0.39 is 12.2 Å². The van der Waals surface area contributed by atoms with Crippen LogP contribution >= 0.6 is 0 Å². The van der Waals surface area contributed by atoms with E-state index in [0.29, 0.717) is 12.8 Å². The summed E-state index contributed by atoms with van der Waals surface area (Å²) in [6, 6.07) is 0. The zero-order valence-electron chi connectivity index (χ0n) is 18.8. The van der Waals surface area contributed by atoms with Crippen LogP contribution in [0, 0.1) is 0 Å². The second-order valence-electron chi connectivity index (χ2n) is 8.31. The number of esters is 1. The lowest BCUT2D eigenvalue weighted by Crippen LogP contribution is -2.31. The maximum atomic E-state index is 11.6. The molecule has 0 aromatic heterocycles. The van der Waals surface area contributed by atoms with E-state index in [1.165, 1.54) is 83.5 Å². The van der Waals surface area contributed by atoms with Crippen LogP contribution in [0.1, 0.15) is 129 Å². The molecule has 0 amide bonds. The molecule has 0 saturated carbocycles. The lowest BCUT2D eigenvalue weighted by Gasteiger charge is -2.16.